The second-order valence-corrected chi connectivity index (χ2v) is 6.75. The third kappa shape index (κ3) is 4.04. The number of hydrogen-bond donors (Lipinski definition) is 1. The van der Waals surface area contributed by atoms with E-state index in [0.29, 0.717) is 17.0 Å². The largest absolute Gasteiger partial charge is 0.313 e. The summed E-state index contributed by atoms with van der Waals surface area (Å²) < 4.78 is 15.6. The number of benzene rings is 2. The third-order valence-corrected chi connectivity index (χ3v) is 4.24. The van der Waals surface area contributed by atoms with E-state index >= 15 is 0 Å². The lowest BCUT2D eigenvalue weighted by Gasteiger charge is -2.18. The molecule has 0 aliphatic heterocycles. The van der Waals surface area contributed by atoms with Gasteiger partial charge in [-0.15, -0.1) is 0 Å². The van der Waals surface area contributed by atoms with Crippen molar-refractivity contribution in [2.45, 2.75) is 12.5 Å². The summed E-state index contributed by atoms with van der Waals surface area (Å²) in [5, 5.41) is 3.86. The predicted molar refractivity (Wildman–Crippen MR) is 88.8 cm³/mol. The lowest BCUT2D eigenvalue weighted by atomic mass is 9.99. The Morgan fingerprint density at radius 1 is 1.15 bits per heavy atom. The van der Waals surface area contributed by atoms with E-state index in [1.807, 2.05) is 25.2 Å². The van der Waals surface area contributed by atoms with Crippen molar-refractivity contribution in [2.24, 2.45) is 0 Å². The van der Waals surface area contributed by atoms with Gasteiger partial charge in [0.2, 0.25) is 0 Å². The Labute approximate surface area is 139 Å². The number of likely N-dealkylation sites (N-methyl/N-ethyl adjacent to an activating group) is 1. The van der Waals surface area contributed by atoms with Gasteiger partial charge >= 0.3 is 0 Å². The zero-order valence-electron chi connectivity index (χ0n) is 10.8. The molecular formula is C15H13Br2ClFN. The molecule has 1 unspecified atom stereocenters. The van der Waals surface area contributed by atoms with E-state index in [1.165, 1.54) is 6.07 Å². The molecule has 0 spiro atoms. The van der Waals surface area contributed by atoms with Crippen molar-refractivity contribution in [1.82, 2.24) is 5.32 Å². The summed E-state index contributed by atoms with van der Waals surface area (Å²) in [6.45, 7) is 0. The van der Waals surface area contributed by atoms with Crippen LogP contribution in [-0.4, -0.2) is 7.05 Å². The Bertz CT molecular complexity index is 599. The van der Waals surface area contributed by atoms with Gasteiger partial charge < -0.3 is 5.32 Å². The van der Waals surface area contributed by atoms with Gasteiger partial charge in [0, 0.05) is 20.0 Å². The number of rotatable bonds is 4. The highest BCUT2D eigenvalue weighted by molar-refractivity contribution is 9.10. The van der Waals surface area contributed by atoms with Gasteiger partial charge in [-0.2, -0.15) is 0 Å². The maximum atomic E-state index is 13.9. The smallest absolute Gasteiger partial charge is 0.126 e. The van der Waals surface area contributed by atoms with Crippen LogP contribution >= 0.6 is 43.5 Å². The minimum Gasteiger partial charge on any atom is -0.313 e. The lowest BCUT2D eigenvalue weighted by Crippen LogP contribution is -2.19. The van der Waals surface area contributed by atoms with Crippen LogP contribution in [0.5, 0.6) is 0 Å². The monoisotopic (exact) mass is 419 g/mol. The molecule has 0 amide bonds. The molecule has 1 N–H and O–H groups in total. The molecule has 1 nitrogen and oxygen atoms in total. The van der Waals surface area contributed by atoms with Crippen LogP contribution in [-0.2, 0) is 6.42 Å². The van der Waals surface area contributed by atoms with Gasteiger partial charge in [-0.05, 0) is 61.0 Å². The summed E-state index contributed by atoms with van der Waals surface area (Å²) in [6, 6.07) is 10.7. The molecule has 0 aromatic heterocycles. The van der Waals surface area contributed by atoms with Gasteiger partial charge in [0.15, 0.2) is 0 Å². The van der Waals surface area contributed by atoms with E-state index in [9.17, 15) is 4.39 Å². The summed E-state index contributed by atoms with van der Waals surface area (Å²) in [6.07, 6.45) is 0.550. The third-order valence-electron chi connectivity index (χ3n) is 3.07. The summed E-state index contributed by atoms with van der Waals surface area (Å²) in [5.74, 6) is -0.199. The van der Waals surface area contributed by atoms with E-state index in [1.54, 1.807) is 12.1 Å². The van der Waals surface area contributed by atoms with Crippen LogP contribution in [0.1, 0.15) is 17.2 Å². The van der Waals surface area contributed by atoms with Gasteiger partial charge in [0.25, 0.3) is 0 Å². The zero-order valence-corrected chi connectivity index (χ0v) is 14.7. The number of nitrogens with one attached hydrogen (secondary N) is 1. The van der Waals surface area contributed by atoms with Crippen molar-refractivity contribution in [2.75, 3.05) is 7.05 Å². The van der Waals surface area contributed by atoms with Crippen molar-refractivity contribution >= 4 is 43.5 Å². The van der Waals surface area contributed by atoms with Gasteiger partial charge in [0.05, 0.1) is 0 Å². The maximum Gasteiger partial charge on any atom is 0.126 e. The van der Waals surface area contributed by atoms with Crippen LogP contribution in [0.15, 0.2) is 45.3 Å². The Morgan fingerprint density at radius 3 is 2.55 bits per heavy atom. The van der Waals surface area contributed by atoms with Crippen LogP contribution in [0.25, 0.3) is 0 Å². The number of hydrogen-bond acceptors (Lipinski definition) is 1. The summed E-state index contributed by atoms with van der Waals surface area (Å²) >= 11 is 12.9. The first-order valence-corrected chi connectivity index (χ1v) is 8.03. The second kappa shape index (κ2) is 7.03. The average molecular weight is 422 g/mol. The lowest BCUT2D eigenvalue weighted by molar-refractivity contribution is 0.554. The van der Waals surface area contributed by atoms with Crippen LogP contribution < -0.4 is 5.32 Å². The molecule has 0 bridgehead atoms. The van der Waals surface area contributed by atoms with E-state index in [4.69, 9.17) is 11.6 Å². The molecule has 0 saturated carbocycles. The first-order chi connectivity index (χ1) is 9.49. The SMILES string of the molecule is CNC(Cc1cc(Br)ccc1F)c1cc(Cl)cc(Br)c1. The fourth-order valence-electron chi connectivity index (χ4n) is 2.08. The highest BCUT2D eigenvalue weighted by atomic mass is 79.9. The van der Waals surface area contributed by atoms with Gasteiger partial charge in [0.1, 0.15) is 5.82 Å². The topological polar surface area (TPSA) is 12.0 Å². The molecule has 106 valence electrons. The summed E-state index contributed by atoms with van der Waals surface area (Å²) in [5.41, 5.74) is 1.68. The van der Waals surface area contributed by atoms with Crippen LogP contribution in [0.3, 0.4) is 0 Å². The molecule has 0 fully saturated rings. The van der Waals surface area contributed by atoms with E-state index < -0.39 is 0 Å². The number of halogens is 4. The van der Waals surface area contributed by atoms with E-state index in [0.717, 1.165) is 14.5 Å². The normalized spacial score (nSPS) is 12.4. The minimum atomic E-state index is -0.199. The fraction of sp³-hybridized carbons (Fsp3) is 0.200. The Morgan fingerprint density at radius 2 is 1.90 bits per heavy atom. The van der Waals surface area contributed by atoms with Gasteiger partial charge in [-0.3, -0.25) is 0 Å². The Balaban J connectivity index is 2.30. The molecule has 20 heavy (non-hydrogen) atoms. The molecule has 2 rings (SSSR count). The molecular weight excluding hydrogens is 408 g/mol. The van der Waals surface area contributed by atoms with Gasteiger partial charge in [-0.1, -0.05) is 43.5 Å². The molecule has 0 aliphatic rings. The molecule has 0 heterocycles. The first-order valence-electron chi connectivity index (χ1n) is 6.07. The van der Waals surface area contributed by atoms with Crippen LogP contribution in [0.2, 0.25) is 5.02 Å². The van der Waals surface area contributed by atoms with Gasteiger partial charge in [-0.25, -0.2) is 4.39 Å². The molecule has 5 heteroatoms. The maximum absolute atomic E-state index is 13.9. The van der Waals surface area contributed by atoms with Crippen LogP contribution in [0, 0.1) is 5.82 Å². The quantitative estimate of drug-likeness (QED) is 0.687. The van der Waals surface area contributed by atoms with Crippen molar-refractivity contribution in [3.8, 4) is 0 Å². The average Bonchev–Trinajstić information content (AvgIpc) is 2.38. The Kier molecular flexibility index (Phi) is 5.61. The van der Waals surface area contributed by atoms with Crippen LogP contribution in [0.4, 0.5) is 4.39 Å². The zero-order chi connectivity index (χ0) is 14.7. The van der Waals surface area contributed by atoms with Crippen molar-refractivity contribution in [1.29, 1.82) is 0 Å². The highest BCUT2D eigenvalue weighted by Crippen LogP contribution is 2.27. The molecule has 1 atom stereocenters. The highest BCUT2D eigenvalue weighted by Gasteiger charge is 2.14. The minimum absolute atomic E-state index is 0.00574. The summed E-state index contributed by atoms with van der Waals surface area (Å²) in [7, 11) is 1.86. The van der Waals surface area contributed by atoms with Crippen molar-refractivity contribution < 1.29 is 4.39 Å². The molecule has 2 aromatic carbocycles. The molecule has 0 saturated heterocycles. The fourth-order valence-corrected chi connectivity index (χ4v) is 3.38. The molecule has 2 aromatic rings. The molecule has 0 radical (unpaired) electrons. The van der Waals surface area contributed by atoms with E-state index in [-0.39, 0.29) is 11.9 Å². The van der Waals surface area contributed by atoms with Crippen molar-refractivity contribution in [3.63, 3.8) is 0 Å². The standard InChI is InChI=1S/C15H13Br2ClFN/c1-20-15(10-5-12(17)8-13(18)6-10)7-9-4-11(16)2-3-14(9)19/h2-6,8,15,20H,7H2,1H3. The summed E-state index contributed by atoms with van der Waals surface area (Å²) in [4.78, 5) is 0. The van der Waals surface area contributed by atoms with Crippen molar-refractivity contribution in [3.05, 3.63) is 67.3 Å². The van der Waals surface area contributed by atoms with E-state index in [2.05, 4.69) is 37.2 Å². The Hall–Kier alpha value is -0.420. The second-order valence-electron chi connectivity index (χ2n) is 4.48. The molecule has 0 aliphatic carbocycles. The predicted octanol–water partition coefficient (Wildman–Crippen LogP) is 5.51. The first kappa shape index (κ1) is 16.0.